The van der Waals surface area contributed by atoms with Gasteiger partial charge in [-0.15, -0.1) is 0 Å². The van der Waals surface area contributed by atoms with Gasteiger partial charge >= 0.3 is 0 Å². The number of hydrogen-bond acceptors (Lipinski definition) is 4. The van der Waals surface area contributed by atoms with Gasteiger partial charge in [0.15, 0.2) is 11.6 Å². The van der Waals surface area contributed by atoms with E-state index in [1.54, 1.807) is 0 Å². The molecule has 1 atom stereocenters. The molecular weight excluding hydrogens is 419 g/mol. The van der Waals surface area contributed by atoms with Crippen LogP contribution >= 0.6 is 0 Å². The third-order valence-electron chi connectivity index (χ3n) is 6.83. The van der Waals surface area contributed by atoms with E-state index in [0.29, 0.717) is 35.6 Å². The van der Waals surface area contributed by atoms with Crippen molar-refractivity contribution in [1.29, 1.82) is 5.26 Å². The van der Waals surface area contributed by atoms with E-state index in [1.165, 1.54) is 30.5 Å². The number of benzene rings is 2. The van der Waals surface area contributed by atoms with E-state index >= 15 is 0 Å². The average molecular weight is 447 g/mol. The highest BCUT2D eigenvalue weighted by atomic mass is 19.1. The summed E-state index contributed by atoms with van der Waals surface area (Å²) < 4.78 is 20.1. The quantitative estimate of drug-likeness (QED) is 0.548. The summed E-state index contributed by atoms with van der Waals surface area (Å²) in [5, 5.41) is 10.3. The van der Waals surface area contributed by atoms with Crippen molar-refractivity contribution in [3.63, 3.8) is 0 Å². The van der Waals surface area contributed by atoms with Gasteiger partial charge in [-0.05, 0) is 80.5 Å². The van der Waals surface area contributed by atoms with E-state index in [1.807, 2.05) is 24.4 Å². The second-order valence-electron chi connectivity index (χ2n) is 9.16. The Hall–Kier alpha value is -3.37. The number of primary amides is 1. The summed E-state index contributed by atoms with van der Waals surface area (Å²) in [4.78, 5) is 17.6. The predicted molar refractivity (Wildman–Crippen MR) is 124 cm³/mol. The van der Waals surface area contributed by atoms with Crippen molar-refractivity contribution in [1.82, 2.24) is 9.88 Å². The largest absolute Gasteiger partial charge is 0.489 e. The first-order chi connectivity index (χ1) is 16.0. The minimum Gasteiger partial charge on any atom is -0.489 e. The van der Waals surface area contributed by atoms with Gasteiger partial charge in [-0.2, -0.15) is 5.26 Å². The zero-order chi connectivity index (χ0) is 22.9. The number of rotatable bonds is 8. The average Bonchev–Trinajstić information content (AvgIpc) is 3.56. The van der Waals surface area contributed by atoms with E-state index < -0.39 is 11.7 Å². The van der Waals surface area contributed by atoms with Gasteiger partial charge in [-0.3, -0.25) is 9.69 Å². The van der Waals surface area contributed by atoms with Gasteiger partial charge in [0, 0.05) is 40.8 Å². The molecule has 0 spiro atoms. The third kappa shape index (κ3) is 4.44. The number of halogens is 1. The lowest BCUT2D eigenvalue weighted by atomic mass is 9.95. The fourth-order valence-corrected chi connectivity index (χ4v) is 4.88. The molecule has 1 saturated carbocycles. The third-order valence-corrected chi connectivity index (χ3v) is 6.83. The normalized spacial score (nSPS) is 17.5. The van der Waals surface area contributed by atoms with Crippen LogP contribution in [-0.4, -0.2) is 41.5 Å². The molecule has 0 saturated heterocycles. The monoisotopic (exact) mass is 446 g/mol. The maximum absolute atomic E-state index is 14.3. The Bertz CT molecular complexity index is 1240. The van der Waals surface area contributed by atoms with E-state index in [4.69, 9.17) is 10.5 Å². The smallest absolute Gasteiger partial charge is 0.249 e. The Morgan fingerprint density at radius 2 is 2.15 bits per heavy atom. The molecule has 2 aromatic carbocycles. The number of nitriles is 1. The van der Waals surface area contributed by atoms with Crippen molar-refractivity contribution in [2.24, 2.45) is 11.7 Å². The zero-order valence-electron chi connectivity index (χ0n) is 18.4. The first-order valence-corrected chi connectivity index (χ1v) is 11.5. The summed E-state index contributed by atoms with van der Waals surface area (Å²) in [7, 11) is 0. The number of fused-ring (bicyclic) bond motifs is 2. The highest BCUT2D eigenvalue weighted by Gasteiger charge is 2.33. The lowest BCUT2D eigenvalue weighted by Crippen LogP contribution is -2.45. The van der Waals surface area contributed by atoms with Gasteiger partial charge < -0.3 is 15.5 Å². The molecule has 5 rings (SSSR count). The number of nitrogens with two attached hydrogens (primary N) is 1. The molecule has 2 heterocycles. The fourth-order valence-electron chi connectivity index (χ4n) is 4.88. The number of amides is 1. The Morgan fingerprint density at radius 1 is 1.30 bits per heavy atom. The summed E-state index contributed by atoms with van der Waals surface area (Å²) in [5.41, 5.74) is 9.38. The maximum atomic E-state index is 14.3. The van der Waals surface area contributed by atoms with Gasteiger partial charge in [-0.25, -0.2) is 4.39 Å². The second kappa shape index (κ2) is 8.87. The number of carbonyl (C=O) groups is 1. The number of nitrogens with one attached hydrogen (secondary N) is 1. The first-order valence-electron chi connectivity index (χ1n) is 11.5. The summed E-state index contributed by atoms with van der Waals surface area (Å²) in [6, 6.07) is 10.7. The molecule has 0 radical (unpaired) electrons. The predicted octanol–water partition coefficient (Wildman–Crippen LogP) is 3.93. The minimum absolute atomic E-state index is 0.0751. The summed E-state index contributed by atoms with van der Waals surface area (Å²) in [6.07, 6.45) is 6.89. The maximum Gasteiger partial charge on any atom is 0.249 e. The highest BCUT2D eigenvalue weighted by molar-refractivity contribution is 5.95. The number of aryl methyl sites for hydroxylation is 1. The van der Waals surface area contributed by atoms with Gasteiger partial charge in [0.25, 0.3) is 0 Å². The van der Waals surface area contributed by atoms with Crippen LogP contribution in [0.2, 0.25) is 0 Å². The molecule has 170 valence electrons. The minimum atomic E-state index is -0.555. The standard InChI is InChI=1S/C26H27FN4O2/c27-23-7-6-20(26(29)32)22-11-19(15-33-25(22)23)31(14-16-3-4-16)9-1-2-18-13-30-24-8-5-17(12-28)10-21(18)24/h5-8,10,13,16,19,30H,1-4,9,11,14-15H2,(H2,29,32)/t19-/m1/s1. The van der Waals surface area contributed by atoms with Crippen molar-refractivity contribution in [3.05, 3.63) is 64.6 Å². The molecule has 3 aromatic rings. The highest BCUT2D eigenvalue weighted by Crippen LogP contribution is 2.35. The molecule has 1 fully saturated rings. The molecule has 0 bridgehead atoms. The molecule has 2 aliphatic rings. The Morgan fingerprint density at radius 3 is 2.91 bits per heavy atom. The molecule has 3 N–H and O–H groups in total. The van der Waals surface area contributed by atoms with E-state index in [9.17, 15) is 14.4 Å². The Kier molecular flexibility index (Phi) is 5.77. The van der Waals surface area contributed by atoms with Crippen molar-refractivity contribution >= 4 is 16.8 Å². The number of aromatic amines is 1. The number of ether oxygens (including phenoxy) is 1. The summed E-state index contributed by atoms with van der Waals surface area (Å²) in [6.45, 7) is 2.26. The van der Waals surface area contributed by atoms with Crippen LogP contribution in [0.3, 0.4) is 0 Å². The molecule has 7 heteroatoms. The number of H-pyrrole nitrogens is 1. The van der Waals surface area contributed by atoms with Crippen molar-refractivity contribution in [3.8, 4) is 11.8 Å². The molecule has 0 unspecified atom stereocenters. The summed E-state index contributed by atoms with van der Waals surface area (Å²) in [5.74, 6) is -0.139. The van der Waals surface area contributed by atoms with Crippen LogP contribution in [0.15, 0.2) is 36.5 Å². The van der Waals surface area contributed by atoms with Crippen molar-refractivity contribution in [2.45, 2.75) is 38.1 Å². The van der Waals surface area contributed by atoms with E-state index in [-0.39, 0.29) is 11.8 Å². The Balaban J connectivity index is 1.31. The molecule has 1 aromatic heterocycles. The molecule has 1 aliphatic carbocycles. The topological polar surface area (TPSA) is 95.1 Å². The van der Waals surface area contributed by atoms with Crippen LogP contribution in [0.25, 0.3) is 10.9 Å². The number of nitrogens with zero attached hydrogens (tertiary/aromatic N) is 2. The van der Waals surface area contributed by atoms with Gasteiger partial charge in [-0.1, -0.05) is 0 Å². The number of aromatic nitrogens is 1. The second-order valence-corrected chi connectivity index (χ2v) is 9.16. The lowest BCUT2D eigenvalue weighted by molar-refractivity contribution is 0.0980. The summed E-state index contributed by atoms with van der Waals surface area (Å²) >= 11 is 0. The van der Waals surface area contributed by atoms with Crippen LogP contribution in [-0.2, 0) is 12.8 Å². The van der Waals surface area contributed by atoms with E-state index in [2.05, 4.69) is 16.0 Å². The fraction of sp³-hybridized carbons (Fsp3) is 0.385. The molecular formula is C26H27FN4O2. The Labute approximate surface area is 192 Å². The van der Waals surface area contributed by atoms with E-state index in [0.717, 1.165) is 36.8 Å². The van der Waals surface area contributed by atoms with Gasteiger partial charge in [0.1, 0.15) is 6.61 Å². The van der Waals surface area contributed by atoms with Crippen LogP contribution in [0, 0.1) is 23.1 Å². The van der Waals surface area contributed by atoms with Crippen LogP contribution in [0.4, 0.5) is 4.39 Å². The lowest BCUT2D eigenvalue weighted by Gasteiger charge is -2.36. The molecule has 33 heavy (non-hydrogen) atoms. The van der Waals surface area contributed by atoms with Crippen molar-refractivity contribution < 1.29 is 13.9 Å². The molecule has 1 aliphatic heterocycles. The van der Waals surface area contributed by atoms with Gasteiger partial charge in [0.05, 0.1) is 11.6 Å². The number of carbonyl (C=O) groups excluding carboxylic acids is 1. The van der Waals surface area contributed by atoms with Crippen molar-refractivity contribution in [2.75, 3.05) is 19.7 Å². The van der Waals surface area contributed by atoms with Crippen LogP contribution in [0.5, 0.6) is 5.75 Å². The zero-order valence-corrected chi connectivity index (χ0v) is 18.4. The van der Waals surface area contributed by atoms with Crippen LogP contribution in [0.1, 0.15) is 46.3 Å². The first kappa shape index (κ1) is 21.5. The number of hydrogen-bond donors (Lipinski definition) is 2. The van der Waals surface area contributed by atoms with Crippen LogP contribution < -0.4 is 10.5 Å². The molecule has 1 amide bonds. The SMILES string of the molecule is N#Cc1ccc2[nH]cc(CCCN(CC3CC3)[C@H]3COc4c(F)ccc(C(N)=O)c4C3)c2c1. The molecule has 6 nitrogen and oxygen atoms in total. The van der Waals surface area contributed by atoms with Gasteiger partial charge in [0.2, 0.25) is 5.91 Å².